The second kappa shape index (κ2) is 5.68. The summed E-state index contributed by atoms with van der Waals surface area (Å²) in [5, 5.41) is 3.48. The van der Waals surface area contributed by atoms with Crippen LogP contribution in [-0.2, 0) is 12.0 Å². The molecule has 1 aromatic heterocycles. The van der Waals surface area contributed by atoms with E-state index < -0.39 is 0 Å². The molecule has 3 heteroatoms. The summed E-state index contributed by atoms with van der Waals surface area (Å²) in [7, 11) is 0. The largest absolute Gasteiger partial charge is 0.379 e. The van der Waals surface area contributed by atoms with Crippen LogP contribution in [0.25, 0.3) is 0 Å². The maximum absolute atomic E-state index is 3.60. The monoisotopic (exact) mass is 337 g/mol. The summed E-state index contributed by atoms with van der Waals surface area (Å²) in [6.07, 6.45) is 0. The summed E-state index contributed by atoms with van der Waals surface area (Å²) in [6, 6.07) is 10.9. The third-order valence-electron chi connectivity index (χ3n) is 2.98. The van der Waals surface area contributed by atoms with Crippen LogP contribution in [0.1, 0.15) is 36.1 Å². The molecule has 0 fully saturated rings. The van der Waals surface area contributed by atoms with E-state index in [4.69, 9.17) is 0 Å². The molecule has 2 rings (SSSR count). The van der Waals surface area contributed by atoms with Gasteiger partial charge in [0.05, 0.1) is 0 Å². The van der Waals surface area contributed by atoms with Crippen LogP contribution in [0.15, 0.2) is 34.8 Å². The molecule has 1 heterocycles. The molecule has 0 atom stereocenters. The van der Waals surface area contributed by atoms with Gasteiger partial charge in [-0.15, -0.1) is 11.3 Å². The number of benzene rings is 1. The van der Waals surface area contributed by atoms with Gasteiger partial charge in [0.1, 0.15) is 0 Å². The summed E-state index contributed by atoms with van der Waals surface area (Å²) < 4.78 is 1.13. The molecule has 0 aliphatic rings. The Hall–Kier alpha value is -0.800. The molecule has 0 saturated heterocycles. The highest BCUT2D eigenvalue weighted by atomic mass is 79.9. The Balaban J connectivity index is 2.04. The Labute approximate surface area is 128 Å². The molecule has 0 saturated carbocycles. The van der Waals surface area contributed by atoms with Crippen molar-refractivity contribution in [1.82, 2.24) is 0 Å². The molecule has 0 spiro atoms. The average Bonchev–Trinajstić information content (AvgIpc) is 2.76. The summed E-state index contributed by atoms with van der Waals surface area (Å²) in [5.74, 6) is 0. The molecule has 0 radical (unpaired) electrons. The van der Waals surface area contributed by atoms with Crippen molar-refractivity contribution in [2.24, 2.45) is 0 Å². The zero-order valence-electron chi connectivity index (χ0n) is 11.9. The minimum absolute atomic E-state index is 0.243. The van der Waals surface area contributed by atoms with Gasteiger partial charge in [0, 0.05) is 26.5 Å². The van der Waals surface area contributed by atoms with E-state index in [1.807, 2.05) is 11.3 Å². The van der Waals surface area contributed by atoms with E-state index in [2.05, 4.69) is 79.3 Å². The van der Waals surface area contributed by atoms with Crippen molar-refractivity contribution in [1.29, 1.82) is 0 Å². The number of aryl methyl sites for hydroxylation is 1. The molecule has 1 N–H and O–H groups in total. The Morgan fingerprint density at radius 1 is 1.16 bits per heavy atom. The fourth-order valence-corrected chi connectivity index (χ4v) is 3.46. The lowest BCUT2D eigenvalue weighted by Crippen LogP contribution is -2.07. The zero-order chi connectivity index (χ0) is 14.0. The second-order valence-electron chi connectivity index (χ2n) is 5.85. The number of anilines is 1. The van der Waals surface area contributed by atoms with Gasteiger partial charge in [0.15, 0.2) is 0 Å². The van der Waals surface area contributed by atoms with Gasteiger partial charge < -0.3 is 5.32 Å². The molecular formula is C16H20BrNS. The highest BCUT2D eigenvalue weighted by molar-refractivity contribution is 9.10. The van der Waals surface area contributed by atoms with Gasteiger partial charge in [0.25, 0.3) is 0 Å². The van der Waals surface area contributed by atoms with Crippen LogP contribution in [0.3, 0.4) is 0 Å². The normalized spacial score (nSPS) is 11.6. The van der Waals surface area contributed by atoms with Crippen LogP contribution in [0.2, 0.25) is 0 Å². The second-order valence-corrected chi connectivity index (χ2v) is 7.88. The van der Waals surface area contributed by atoms with E-state index in [9.17, 15) is 0 Å². The number of hydrogen-bond donors (Lipinski definition) is 1. The third kappa shape index (κ3) is 3.83. The number of thiophene rings is 1. The van der Waals surface area contributed by atoms with E-state index in [-0.39, 0.29) is 5.41 Å². The van der Waals surface area contributed by atoms with Gasteiger partial charge in [-0.05, 0) is 58.1 Å². The van der Waals surface area contributed by atoms with Crippen LogP contribution in [-0.4, -0.2) is 0 Å². The van der Waals surface area contributed by atoms with E-state index >= 15 is 0 Å². The summed E-state index contributed by atoms with van der Waals surface area (Å²) in [5.41, 5.74) is 2.66. The topological polar surface area (TPSA) is 12.0 Å². The highest BCUT2D eigenvalue weighted by Gasteiger charge is 2.15. The quantitative estimate of drug-likeness (QED) is 0.754. The van der Waals surface area contributed by atoms with Gasteiger partial charge >= 0.3 is 0 Å². The summed E-state index contributed by atoms with van der Waals surface area (Å²) >= 11 is 5.49. The molecule has 1 nitrogen and oxygen atoms in total. The van der Waals surface area contributed by atoms with Crippen LogP contribution >= 0.6 is 27.3 Å². The van der Waals surface area contributed by atoms with Crippen molar-refractivity contribution in [2.45, 2.75) is 39.7 Å². The maximum atomic E-state index is 3.60. The predicted molar refractivity (Wildman–Crippen MR) is 89.2 cm³/mol. The van der Waals surface area contributed by atoms with Crippen molar-refractivity contribution in [3.63, 3.8) is 0 Å². The standard InChI is InChI=1S/C16H20BrNS/c1-11-5-7-14(13(17)9-11)18-10-12-6-8-15(19-12)16(2,3)4/h5-9,18H,10H2,1-4H3. The lowest BCUT2D eigenvalue weighted by atomic mass is 9.95. The SMILES string of the molecule is Cc1ccc(NCc2ccc(C(C)(C)C)s2)c(Br)c1. The van der Waals surface area contributed by atoms with Gasteiger partial charge in [-0.3, -0.25) is 0 Å². The van der Waals surface area contributed by atoms with E-state index in [0.717, 1.165) is 16.7 Å². The van der Waals surface area contributed by atoms with Gasteiger partial charge in [0.2, 0.25) is 0 Å². The van der Waals surface area contributed by atoms with Crippen molar-refractivity contribution in [3.8, 4) is 0 Å². The number of nitrogens with one attached hydrogen (secondary N) is 1. The first-order valence-corrected chi connectivity index (χ1v) is 8.06. The van der Waals surface area contributed by atoms with Gasteiger partial charge in [-0.25, -0.2) is 0 Å². The summed E-state index contributed by atoms with van der Waals surface area (Å²) in [6.45, 7) is 9.75. The van der Waals surface area contributed by atoms with Crippen LogP contribution in [0, 0.1) is 6.92 Å². The van der Waals surface area contributed by atoms with Crippen LogP contribution in [0.4, 0.5) is 5.69 Å². The molecule has 19 heavy (non-hydrogen) atoms. The first-order chi connectivity index (χ1) is 8.86. The van der Waals surface area contributed by atoms with E-state index in [1.54, 1.807) is 0 Å². The molecule has 0 aliphatic heterocycles. The molecule has 102 valence electrons. The first kappa shape index (κ1) is 14.6. The zero-order valence-corrected chi connectivity index (χ0v) is 14.3. The number of hydrogen-bond acceptors (Lipinski definition) is 2. The van der Waals surface area contributed by atoms with E-state index in [0.29, 0.717) is 0 Å². The van der Waals surface area contributed by atoms with Crippen molar-refractivity contribution < 1.29 is 0 Å². The highest BCUT2D eigenvalue weighted by Crippen LogP contribution is 2.30. The average molecular weight is 338 g/mol. The Morgan fingerprint density at radius 2 is 1.89 bits per heavy atom. The fourth-order valence-electron chi connectivity index (χ4n) is 1.82. The maximum Gasteiger partial charge on any atom is 0.0494 e. The van der Waals surface area contributed by atoms with E-state index in [1.165, 1.54) is 15.3 Å². The molecule has 0 amide bonds. The smallest absolute Gasteiger partial charge is 0.0494 e. The summed E-state index contributed by atoms with van der Waals surface area (Å²) in [4.78, 5) is 2.81. The van der Waals surface area contributed by atoms with Gasteiger partial charge in [-0.2, -0.15) is 0 Å². The molecule has 2 aromatic rings. The van der Waals surface area contributed by atoms with Crippen LogP contribution < -0.4 is 5.32 Å². The fraction of sp³-hybridized carbons (Fsp3) is 0.375. The Morgan fingerprint density at radius 3 is 2.47 bits per heavy atom. The van der Waals surface area contributed by atoms with Crippen molar-refractivity contribution in [3.05, 3.63) is 50.1 Å². The third-order valence-corrected chi connectivity index (χ3v) is 5.15. The van der Waals surface area contributed by atoms with Crippen molar-refractivity contribution >= 4 is 33.0 Å². The molecular weight excluding hydrogens is 318 g/mol. The minimum Gasteiger partial charge on any atom is -0.379 e. The molecule has 0 unspecified atom stereocenters. The lowest BCUT2D eigenvalue weighted by Gasteiger charge is -2.15. The minimum atomic E-state index is 0.243. The first-order valence-electron chi connectivity index (χ1n) is 6.45. The molecule has 0 aliphatic carbocycles. The number of rotatable bonds is 3. The lowest BCUT2D eigenvalue weighted by molar-refractivity contribution is 0.604. The van der Waals surface area contributed by atoms with Crippen molar-refractivity contribution in [2.75, 3.05) is 5.32 Å². The Kier molecular flexibility index (Phi) is 4.36. The molecule has 0 bridgehead atoms. The number of halogens is 1. The van der Waals surface area contributed by atoms with Gasteiger partial charge in [-0.1, -0.05) is 26.8 Å². The molecule has 1 aromatic carbocycles. The van der Waals surface area contributed by atoms with Crippen LogP contribution in [0.5, 0.6) is 0 Å². The Bertz CT molecular complexity index is 566. The predicted octanol–water partition coefficient (Wildman–Crippen LogP) is 5.73.